The maximum atomic E-state index is 14.0. The van der Waals surface area contributed by atoms with Crippen LogP contribution in [0, 0.1) is 0 Å². The molecular formula is C30H32ClN5O5. The molecule has 41 heavy (non-hydrogen) atoms. The Kier molecular flexibility index (Phi) is 9.61. The molecule has 0 aliphatic rings. The number of allylic oxidation sites excluding steroid dienone is 1. The molecule has 11 heteroatoms. The number of hydrogen-bond donors (Lipinski definition) is 4. The highest BCUT2D eigenvalue weighted by atomic mass is 35.5. The number of nitrogens with one attached hydrogen (secondary N) is 2. The number of ether oxygens (including phenoxy) is 2. The number of aliphatic hydroxyl groups is 2. The summed E-state index contributed by atoms with van der Waals surface area (Å²) in [6, 6.07) is 12.1. The SMILES string of the molecule is C=CC(=C)Nc1ccc(CCn2c(=O)c(-c3cc(OC)cc(OC)c3Cl)cc3cnc(NC(CO)CO)nc32)cc1. The molecule has 214 valence electrons. The number of pyridine rings is 1. The third-order valence-electron chi connectivity index (χ3n) is 6.49. The zero-order valence-corrected chi connectivity index (χ0v) is 23.6. The molecule has 4 aromatic rings. The molecule has 0 fully saturated rings. The van der Waals surface area contributed by atoms with Gasteiger partial charge in [0.2, 0.25) is 5.95 Å². The number of aliphatic hydroxyl groups excluding tert-OH is 2. The number of fused-ring (bicyclic) bond motifs is 1. The first-order valence-electron chi connectivity index (χ1n) is 12.8. The minimum absolute atomic E-state index is 0.172. The number of benzene rings is 2. The molecule has 0 aliphatic heterocycles. The van der Waals surface area contributed by atoms with E-state index in [1.165, 1.54) is 14.2 Å². The molecule has 2 aromatic heterocycles. The number of anilines is 2. The van der Waals surface area contributed by atoms with Crippen LogP contribution in [0.4, 0.5) is 11.6 Å². The molecule has 4 N–H and O–H groups in total. The molecule has 0 saturated heterocycles. The summed E-state index contributed by atoms with van der Waals surface area (Å²) in [5.74, 6) is 1.02. The summed E-state index contributed by atoms with van der Waals surface area (Å²) in [6.07, 6.45) is 3.74. The highest BCUT2D eigenvalue weighted by molar-refractivity contribution is 6.35. The zero-order valence-electron chi connectivity index (χ0n) is 22.9. The van der Waals surface area contributed by atoms with Crippen LogP contribution in [0.1, 0.15) is 5.56 Å². The smallest absolute Gasteiger partial charge is 0.260 e. The van der Waals surface area contributed by atoms with E-state index < -0.39 is 6.04 Å². The average molecular weight is 578 g/mol. The standard InChI is InChI=1S/C30H32ClN5O5/c1-5-18(2)33-21-8-6-19(7-9-21)10-11-36-28-20(15-32-30(35-28)34-22(16-37)17-38)12-25(29(36)39)24-13-23(40-3)14-26(41-4)27(24)31/h5-9,12-15,22,33,37-38H,1-2,10-11,16-17H2,3-4H3,(H,32,34,35). The second-order valence-electron chi connectivity index (χ2n) is 9.19. The van der Waals surface area contributed by atoms with Crippen LogP contribution >= 0.6 is 11.6 Å². The summed E-state index contributed by atoms with van der Waals surface area (Å²) in [5.41, 5.74) is 3.40. The van der Waals surface area contributed by atoms with Crippen molar-refractivity contribution in [1.82, 2.24) is 14.5 Å². The van der Waals surface area contributed by atoms with Gasteiger partial charge < -0.3 is 30.3 Å². The van der Waals surface area contributed by atoms with Gasteiger partial charge in [0.15, 0.2) is 0 Å². The largest absolute Gasteiger partial charge is 0.497 e. The fraction of sp³-hybridized carbons (Fsp3) is 0.233. The lowest BCUT2D eigenvalue weighted by Gasteiger charge is -2.17. The van der Waals surface area contributed by atoms with Gasteiger partial charge >= 0.3 is 0 Å². The molecule has 0 atom stereocenters. The lowest BCUT2D eigenvalue weighted by atomic mass is 10.0. The third kappa shape index (κ3) is 6.68. The fourth-order valence-corrected chi connectivity index (χ4v) is 4.52. The number of rotatable bonds is 13. The molecular weight excluding hydrogens is 546 g/mol. The Balaban J connectivity index is 1.81. The highest BCUT2D eigenvalue weighted by Gasteiger charge is 2.19. The maximum Gasteiger partial charge on any atom is 0.260 e. The van der Waals surface area contributed by atoms with E-state index in [0.717, 1.165) is 11.3 Å². The van der Waals surface area contributed by atoms with E-state index in [2.05, 4.69) is 33.8 Å². The van der Waals surface area contributed by atoms with E-state index in [4.69, 9.17) is 21.1 Å². The van der Waals surface area contributed by atoms with Gasteiger partial charge in [-0.2, -0.15) is 4.98 Å². The van der Waals surface area contributed by atoms with Gasteiger partial charge in [0.1, 0.15) is 17.1 Å². The maximum absolute atomic E-state index is 14.0. The van der Waals surface area contributed by atoms with E-state index >= 15 is 0 Å². The van der Waals surface area contributed by atoms with Crippen LogP contribution in [0.5, 0.6) is 11.5 Å². The Morgan fingerprint density at radius 1 is 1.12 bits per heavy atom. The average Bonchev–Trinajstić information content (AvgIpc) is 3.00. The summed E-state index contributed by atoms with van der Waals surface area (Å²) in [6.45, 7) is 7.23. The van der Waals surface area contributed by atoms with Crippen molar-refractivity contribution in [2.75, 3.05) is 38.1 Å². The molecule has 0 unspecified atom stereocenters. The molecule has 0 saturated carbocycles. The second kappa shape index (κ2) is 13.3. The van der Waals surface area contributed by atoms with Crippen molar-refractivity contribution in [2.45, 2.75) is 19.0 Å². The predicted molar refractivity (Wildman–Crippen MR) is 162 cm³/mol. The van der Waals surface area contributed by atoms with E-state index in [0.29, 0.717) is 52.3 Å². The van der Waals surface area contributed by atoms with Gasteiger partial charge in [-0.15, -0.1) is 0 Å². The molecule has 2 aromatic carbocycles. The van der Waals surface area contributed by atoms with Crippen molar-refractivity contribution < 1.29 is 19.7 Å². The third-order valence-corrected chi connectivity index (χ3v) is 6.88. The number of aromatic nitrogens is 3. The molecule has 4 rings (SSSR count). The lowest BCUT2D eigenvalue weighted by Crippen LogP contribution is -2.29. The van der Waals surface area contributed by atoms with E-state index in [1.54, 1.807) is 35.0 Å². The normalized spacial score (nSPS) is 11.0. The number of methoxy groups -OCH3 is 2. The van der Waals surface area contributed by atoms with Crippen molar-refractivity contribution >= 4 is 34.3 Å². The molecule has 0 radical (unpaired) electrons. The Morgan fingerprint density at radius 3 is 2.49 bits per heavy atom. The van der Waals surface area contributed by atoms with Crippen LogP contribution in [-0.4, -0.2) is 58.2 Å². The number of halogens is 1. The molecule has 10 nitrogen and oxygen atoms in total. The minimum Gasteiger partial charge on any atom is -0.497 e. The van der Waals surface area contributed by atoms with Crippen molar-refractivity contribution in [1.29, 1.82) is 0 Å². The summed E-state index contributed by atoms with van der Waals surface area (Å²) in [7, 11) is 3.01. The van der Waals surface area contributed by atoms with Gasteiger partial charge in [-0.05, 0) is 42.3 Å². The Labute approximate surface area is 242 Å². The van der Waals surface area contributed by atoms with Crippen LogP contribution in [0.3, 0.4) is 0 Å². The number of aryl methyl sites for hydroxylation is 2. The first-order chi connectivity index (χ1) is 19.8. The summed E-state index contributed by atoms with van der Waals surface area (Å²) >= 11 is 6.66. The molecule has 0 aliphatic carbocycles. The van der Waals surface area contributed by atoms with Crippen LogP contribution in [0.15, 0.2) is 78.4 Å². The fourth-order valence-electron chi connectivity index (χ4n) is 4.23. The van der Waals surface area contributed by atoms with Gasteiger partial charge in [0.05, 0.1) is 38.5 Å². The van der Waals surface area contributed by atoms with Crippen molar-refractivity contribution in [3.8, 4) is 22.6 Å². The first kappa shape index (κ1) is 29.6. The molecule has 0 bridgehead atoms. The van der Waals surface area contributed by atoms with Gasteiger partial charge in [-0.1, -0.05) is 36.9 Å². The van der Waals surface area contributed by atoms with Crippen molar-refractivity contribution in [3.05, 3.63) is 94.5 Å². The predicted octanol–water partition coefficient (Wildman–Crippen LogP) is 4.25. The van der Waals surface area contributed by atoms with Gasteiger partial charge in [-0.3, -0.25) is 9.36 Å². The van der Waals surface area contributed by atoms with E-state index in [1.807, 2.05) is 24.3 Å². The molecule has 0 amide bonds. The van der Waals surface area contributed by atoms with Crippen LogP contribution in [0.25, 0.3) is 22.2 Å². The van der Waals surface area contributed by atoms with Crippen LogP contribution in [-0.2, 0) is 13.0 Å². The highest BCUT2D eigenvalue weighted by Crippen LogP contribution is 2.38. The van der Waals surface area contributed by atoms with E-state index in [-0.39, 0.29) is 29.7 Å². The van der Waals surface area contributed by atoms with Gasteiger partial charge in [0, 0.05) is 46.7 Å². The zero-order chi connectivity index (χ0) is 29.5. The van der Waals surface area contributed by atoms with Gasteiger partial charge in [0.25, 0.3) is 5.56 Å². The molecule has 0 spiro atoms. The van der Waals surface area contributed by atoms with Gasteiger partial charge in [-0.25, -0.2) is 4.98 Å². The lowest BCUT2D eigenvalue weighted by molar-refractivity contribution is 0.203. The Bertz CT molecular complexity index is 1620. The summed E-state index contributed by atoms with van der Waals surface area (Å²) in [5, 5.41) is 25.9. The van der Waals surface area contributed by atoms with E-state index in [9.17, 15) is 15.0 Å². The Hall–Kier alpha value is -4.38. The topological polar surface area (TPSA) is 131 Å². The van der Waals surface area contributed by atoms with Crippen molar-refractivity contribution in [3.63, 3.8) is 0 Å². The number of hydrogen-bond acceptors (Lipinski definition) is 9. The second-order valence-corrected chi connectivity index (χ2v) is 9.56. The number of nitrogens with zero attached hydrogens (tertiary/aromatic N) is 3. The van der Waals surface area contributed by atoms with Crippen LogP contribution < -0.4 is 25.7 Å². The van der Waals surface area contributed by atoms with Crippen LogP contribution in [0.2, 0.25) is 5.02 Å². The Morgan fingerprint density at radius 2 is 1.85 bits per heavy atom. The summed E-state index contributed by atoms with van der Waals surface area (Å²) < 4.78 is 12.4. The minimum atomic E-state index is -0.653. The van der Waals surface area contributed by atoms with Crippen molar-refractivity contribution in [2.24, 2.45) is 0 Å². The molecule has 2 heterocycles. The summed E-state index contributed by atoms with van der Waals surface area (Å²) in [4.78, 5) is 22.9. The monoisotopic (exact) mass is 577 g/mol. The first-order valence-corrected chi connectivity index (χ1v) is 13.2. The quantitative estimate of drug-likeness (QED) is 0.172.